The van der Waals surface area contributed by atoms with Gasteiger partial charge in [-0.25, -0.2) is 4.79 Å². The maximum Gasteiger partial charge on any atom is 0.413 e. The molecule has 0 bridgehead atoms. The van der Waals surface area contributed by atoms with E-state index < -0.39 is 18.0 Å². The minimum Gasteiger partial charge on any atom is -0.453 e. The molecule has 0 spiro atoms. The summed E-state index contributed by atoms with van der Waals surface area (Å²) >= 11 is 0. The van der Waals surface area contributed by atoms with Gasteiger partial charge in [0.2, 0.25) is 5.91 Å². The van der Waals surface area contributed by atoms with Crippen LogP contribution >= 0.6 is 0 Å². The third-order valence-electron chi connectivity index (χ3n) is 3.78. The summed E-state index contributed by atoms with van der Waals surface area (Å²) in [6.45, 7) is 8.10. The van der Waals surface area contributed by atoms with E-state index in [1.54, 1.807) is 6.92 Å². The number of carbonyl (C=O) groups is 2. The zero-order chi connectivity index (χ0) is 17.4. The maximum absolute atomic E-state index is 12.0. The number of hydrogen-bond donors (Lipinski definition) is 2. The van der Waals surface area contributed by atoms with Gasteiger partial charge in [-0.2, -0.15) is 0 Å². The monoisotopic (exact) mass is 320 g/mol. The Kier molecular flexibility index (Phi) is 7.75. The molecule has 0 saturated heterocycles. The molecule has 2 atom stereocenters. The number of nitrogens with one attached hydrogen (secondary N) is 2. The van der Waals surface area contributed by atoms with Crippen molar-refractivity contribution >= 4 is 12.0 Å². The molecule has 1 rings (SSSR count). The number of methoxy groups -OCH3 is 1. The molecule has 2 amide bonds. The number of benzene rings is 1. The fourth-order valence-corrected chi connectivity index (χ4v) is 2.46. The molecule has 1 aromatic carbocycles. The molecule has 0 heterocycles. The molecule has 0 aliphatic rings. The first kappa shape index (κ1) is 19.2. The van der Waals surface area contributed by atoms with Crippen molar-refractivity contribution in [1.82, 2.24) is 10.6 Å². The molecule has 0 radical (unpaired) electrons. The van der Waals surface area contributed by atoms with E-state index >= 15 is 0 Å². The second-order valence-corrected chi connectivity index (χ2v) is 6.08. The second kappa shape index (κ2) is 9.30. The molecule has 0 unspecified atom stereocenters. The van der Waals surface area contributed by atoms with Gasteiger partial charge in [0.15, 0.2) is 0 Å². The smallest absolute Gasteiger partial charge is 0.413 e. The van der Waals surface area contributed by atoms with Gasteiger partial charge in [-0.3, -0.25) is 15.4 Å². The lowest BCUT2D eigenvalue weighted by Gasteiger charge is -2.26. The lowest BCUT2D eigenvalue weighted by molar-refractivity contribution is -0.122. The molecule has 128 valence electrons. The van der Waals surface area contributed by atoms with Crippen molar-refractivity contribution in [2.75, 3.05) is 7.11 Å². The number of imide groups is 1. The number of ether oxygens (including phenoxy) is 1. The van der Waals surface area contributed by atoms with Crippen molar-refractivity contribution in [2.24, 2.45) is 5.92 Å². The first-order chi connectivity index (χ1) is 10.9. The molecule has 23 heavy (non-hydrogen) atoms. The summed E-state index contributed by atoms with van der Waals surface area (Å²) in [5, 5.41) is 5.48. The summed E-state index contributed by atoms with van der Waals surface area (Å²) in [6, 6.07) is 8.01. The Hall–Kier alpha value is -1.88. The third-order valence-corrected chi connectivity index (χ3v) is 3.78. The van der Waals surface area contributed by atoms with Crippen LogP contribution in [0.5, 0.6) is 0 Å². The first-order valence-corrected chi connectivity index (χ1v) is 8.12. The van der Waals surface area contributed by atoms with Gasteiger partial charge in [-0.15, -0.1) is 0 Å². The Bertz CT molecular complexity index is 512. The van der Waals surface area contributed by atoms with Gasteiger partial charge in [0.25, 0.3) is 0 Å². The minimum absolute atomic E-state index is 0.0315. The average Bonchev–Trinajstić information content (AvgIpc) is 2.53. The van der Waals surface area contributed by atoms with Crippen molar-refractivity contribution in [3.8, 4) is 0 Å². The number of rotatable bonds is 7. The van der Waals surface area contributed by atoms with Crippen molar-refractivity contribution in [2.45, 2.75) is 52.6 Å². The predicted octanol–water partition coefficient (Wildman–Crippen LogP) is 3.20. The second-order valence-electron chi connectivity index (χ2n) is 6.08. The van der Waals surface area contributed by atoms with Gasteiger partial charge in [0, 0.05) is 6.04 Å². The summed E-state index contributed by atoms with van der Waals surface area (Å²) in [7, 11) is 1.23. The number of alkyl carbamates (subject to hydrolysis) is 1. The molecular formula is C18H28N2O3. The number of hydrogen-bond acceptors (Lipinski definition) is 4. The number of amides is 2. The average molecular weight is 320 g/mol. The Labute approximate surface area is 138 Å². The van der Waals surface area contributed by atoms with Crippen LogP contribution in [0.15, 0.2) is 24.3 Å². The van der Waals surface area contributed by atoms with Crippen LogP contribution in [0.1, 0.15) is 51.3 Å². The highest BCUT2D eigenvalue weighted by Crippen LogP contribution is 2.23. The lowest BCUT2D eigenvalue weighted by atomic mass is 9.94. The zero-order valence-electron chi connectivity index (χ0n) is 14.7. The number of aryl methyl sites for hydroxylation is 1. The Balaban J connectivity index is 2.78. The Morgan fingerprint density at radius 3 is 2.22 bits per heavy atom. The molecule has 2 N–H and O–H groups in total. The van der Waals surface area contributed by atoms with Crippen LogP contribution in [0.2, 0.25) is 0 Å². The minimum atomic E-state index is -0.742. The molecule has 0 aromatic heterocycles. The first-order valence-electron chi connectivity index (χ1n) is 8.12. The normalized spacial score (nSPS) is 13.5. The molecule has 0 saturated carbocycles. The van der Waals surface area contributed by atoms with Gasteiger partial charge in [-0.1, -0.05) is 51.5 Å². The number of carbonyl (C=O) groups excluding carboxylic acids is 2. The van der Waals surface area contributed by atoms with Crippen LogP contribution in [-0.2, 0) is 16.0 Å². The van der Waals surface area contributed by atoms with Crippen LogP contribution in [0.4, 0.5) is 4.79 Å². The van der Waals surface area contributed by atoms with E-state index in [0.717, 1.165) is 18.4 Å². The van der Waals surface area contributed by atoms with Gasteiger partial charge in [0.05, 0.1) is 13.2 Å². The van der Waals surface area contributed by atoms with Gasteiger partial charge < -0.3 is 4.74 Å². The van der Waals surface area contributed by atoms with E-state index in [9.17, 15) is 9.59 Å². The van der Waals surface area contributed by atoms with E-state index in [4.69, 9.17) is 0 Å². The van der Waals surface area contributed by atoms with Crippen LogP contribution in [0.3, 0.4) is 0 Å². The van der Waals surface area contributed by atoms with Crippen LogP contribution < -0.4 is 10.6 Å². The molecule has 5 heteroatoms. The largest absolute Gasteiger partial charge is 0.453 e. The van der Waals surface area contributed by atoms with Crippen molar-refractivity contribution in [3.05, 3.63) is 35.4 Å². The topological polar surface area (TPSA) is 67.4 Å². The van der Waals surface area contributed by atoms with Gasteiger partial charge in [0.1, 0.15) is 0 Å². The van der Waals surface area contributed by atoms with E-state index in [0.29, 0.717) is 5.92 Å². The van der Waals surface area contributed by atoms with Crippen LogP contribution in [0, 0.1) is 5.92 Å². The van der Waals surface area contributed by atoms with Crippen molar-refractivity contribution in [1.29, 1.82) is 0 Å². The van der Waals surface area contributed by atoms with Gasteiger partial charge in [-0.05, 0) is 30.4 Å². The third kappa shape index (κ3) is 6.02. The molecule has 5 nitrogen and oxygen atoms in total. The summed E-state index contributed by atoms with van der Waals surface area (Å²) in [6.07, 6.45) is 1.45. The summed E-state index contributed by atoms with van der Waals surface area (Å²) in [5.41, 5.74) is 2.45. The molecule has 0 aliphatic heterocycles. The molecule has 0 aliphatic carbocycles. The van der Waals surface area contributed by atoms with E-state index in [2.05, 4.69) is 60.4 Å². The van der Waals surface area contributed by atoms with E-state index in [1.807, 2.05) is 0 Å². The highest BCUT2D eigenvalue weighted by Gasteiger charge is 2.23. The quantitative estimate of drug-likeness (QED) is 0.809. The van der Waals surface area contributed by atoms with Gasteiger partial charge >= 0.3 is 6.09 Å². The highest BCUT2D eigenvalue weighted by molar-refractivity contribution is 5.94. The molecular weight excluding hydrogens is 292 g/mol. The van der Waals surface area contributed by atoms with Crippen molar-refractivity contribution < 1.29 is 14.3 Å². The standard InChI is InChI=1S/C18H28N2O3/c1-6-7-14-8-10-15(11-9-14)16(12(2)3)19-13(4)17(21)20-18(22)23-5/h8-13,16,19H,6-7H2,1-5H3,(H,20,21,22)/t13-,16-/m0/s1. The SMILES string of the molecule is CCCc1ccc([C@@H](N[C@@H](C)C(=O)NC(=O)OC)C(C)C)cc1. The maximum atomic E-state index is 12.0. The summed E-state index contributed by atoms with van der Waals surface area (Å²) in [4.78, 5) is 23.1. The molecule has 0 fully saturated rings. The fraction of sp³-hybridized carbons (Fsp3) is 0.556. The highest BCUT2D eigenvalue weighted by atomic mass is 16.5. The van der Waals surface area contributed by atoms with Crippen LogP contribution in [0.25, 0.3) is 0 Å². The zero-order valence-corrected chi connectivity index (χ0v) is 14.7. The molecule has 1 aromatic rings. The fourth-order valence-electron chi connectivity index (χ4n) is 2.46. The Morgan fingerprint density at radius 1 is 1.13 bits per heavy atom. The lowest BCUT2D eigenvalue weighted by Crippen LogP contribution is -2.46. The van der Waals surface area contributed by atoms with Crippen molar-refractivity contribution in [3.63, 3.8) is 0 Å². The predicted molar refractivity (Wildman–Crippen MR) is 91.2 cm³/mol. The summed E-state index contributed by atoms with van der Waals surface area (Å²) < 4.78 is 4.45. The summed E-state index contributed by atoms with van der Waals surface area (Å²) in [5.74, 6) is -0.0921. The Morgan fingerprint density at radius 2 is 1.74 bits per heavy atom. The van der Waals surface area contributed by atoms with E-state index in [-0.39, 0.29) is 6.04 Å². The van der Waals surface area contributed by atoms with Crippen LogP contribution in [-0.4, -0.2) is 25.2 Å². The van der Waals surface area contributed by atoms with E-state index in [1.165, 1.54) is 12.7 Å².